The first kappa shape index (κ1) is 14.3. The quantitative estimate of drug-likeness (QED) is 0.806. The van der Waals surface area contributed by atoms with Gasteiger partial charge in [0.25, 0.3) is 0 Å². The summed E-state index contributed by atoms with van der Waals surface area (Å²) in [5, 5.41) is 16.6. The zero-order valence-corrected chi connectivity index (χ0v) is 11.8. The van der Waals surface area contributed by atoms with Gasteiger partial charge in [-0.2, -0.15) is 5.10 Å². The van der Waals surface area contributed by atoms with Crippen molar-refractivity contribution in [2.45, 2.75) is 0 Å². The fourth-order valence-electron chi connectivity index (χ4n) is 1.81. The van der Waals surface area contributed by atoms with Crippen LogP contribution in [0.25, 0.3) is 11.0 Å². The number of rotatable bonds is 5. The lowest BCUT2D eigenvalue weighted by Gasteiger charge is -2.10. The second-order valence-corrected chi connectivity index (χ2v) is 6.67. The zero-order chi connectivity index (χ0) is 14.9. The molecule has 0 aliphatic carbocycles. The summed E-state index contributed by atoms with van der Waals surface area (Å²) in [6.45, 7) is 0.118. The normalized spacial score (nSPS) is 11.7. The van der Waals surface area contributed by atoms with Crippen molar-refractivity contribution in [1.82, 2.24) is 14.8 Å². The van der Waals surface area contributed by atoms with Crippen molar-refractivity contribution in [2.75, 3.05) is 23.9 Å². The van der Waals surface area contributed by atoms with Crippen molar-refractivity contribution in [3.05, 3.63) is 18.0 Å². The number of anilines is 1. The van der Waals surface area contributed by atoms with Crippen molar-refractivity contribution in [1.29, 1.82) is 0 Å². The van der Waals surface area contributed by atoms with Gasteiger partial charge in [-0.05, 0) is 0 Å². The highest BCUT2D eigenvalue weighted by atomic mass is 32.2. The predicted molar refractivity (Wildman–Crippen MR) is 73.7 cm³/mol. The largest absolute Gasteiger partial charge is 0.478 e. The molecule has 2 aromatic rings. The first-order chi connectivity index (χ1) is 9.29. The van der Waals surface area contributed by atoms with Crippen LogP contribution >= 0.6 is 0 Å². The summed E-state index contributed by atoms with van der Waals surface area (Å²) < 4.78 is 23.8. The maximum absolute atomic E-state index is 11.2. The maximum Gasteiger partial charge on any atom is 0.339 e. The molecule has 0 unspecified atom stereocenters. The highest BCUT2D eigenvalue weighted by Crippen LogP contribution is 2.25. The third kappa shape index (κ3) is 2.87. The number of aryl methyl sites for hydroxylation is 1. The number of nitrogens with zero attached hydrogens (tertiary/aromatic N) is 3. The monoisotopic (exact) mass is 298 g/mol. The molecule has 0 fully saturated rings. The molecule has 8 nitrogen and oxygen atoms in total. The third-order valence-electron chi connectivity index (χ3n) is 2.77. The summed E-state index contributed by atoms with van der Waals surface area (Å²) in [4.78, 5) is 15.2. The highest BCUT2D eigenvalue weighted by Gasteiger charge is 2.17. The lowest BCUT2D eigenvalue weighted by molar-refractivity contribution is 0.0697. The van der Waals surface area contributed by atoms with Gasteiger partial charge in [0.05, 0.1) is 23.0 Å². The number of fused-ring (bicyclic) bond motifs is 1. The zero-order valence-electron chi connectivity index (χ0n) is 11.0. The highest BCUT2D eigenvalue weighted by molar-refractivity contribution is 7.90. The van der Waals surface area contributed by atoms with Crippen molar-refractivity contribution >= 4 is 32.5 Å². The fourth-order valence-corrected chi connectivity index (χ4v) is 2.28. The van der Waals surface area contributed by atoms with E-state index in [9.17, 15) is 13.2 Å². The van der Waals surface area contributed by atoms with Gasteiger partial charge in [0.2, 0.25) is 0 Å². The molecule has 9 heteroatoms. The molecule has 108 valence electrons. The summed E-state index contributed by atoms with van der Waals surface area (Å²) in [7, 11) is -1.43. The van der Waals surface area contributed by atoms with E-state index >= 15 is 0 Å². The third-order valence-corrected chi connectivity index (χ3v) is 3.71. The number of aromatic carboxylic acids is 1. The standard InChI is InChI=1S/C11H14N4O4S/c1-15-10-7(6-14-15)9(8(5-13-10)11(16)17)12-3-4-20(2,18)19/h5-6H,3-4H2,1-2H3,(H,12,13)(H,16,17). The molecule has 2 rings (SSSR count). The van der Waals surface area contributed by atoms with Crippen molar-refractivity contribution in [3.8, 4) is 0 Å². The smallest absolute Gasteiger partial charge is 0.339 e. The van der Waals surface area contributed by atoms with E-state index in [0.717, 1.165) is 6.26 Å². The van der Waals surface area contributed by atoms with Gasteiger partial charge < -0.3 is 10.4 Å². The summed E-state index contributed by atoms with van der Waals surface area (Å²) in [5.74, 6) is -1.22. The van der Waals surface area contributed by atoms with Gasteiger partial charge >= 0.3 is 5.97 Å². The SMILES string of the molecule is Cn1ncc2c(NCCS(C)(=O)=O)c(C(=O)O)cnc21. The topological polar surface area (TPSA) is 114 Å². The van der Waals surface area contributed by atoms with Gasteiger partial charge in [-0.3, -0.25) is 4.68 Å². The Morgan fingerprint density at radius 2 is 2.15 bits per heavy atom. The van der Waals surface area contributed by atoms with Crippen LogP contribution in [0.4, 0.5) is 5.69 Å². The predicted octanol–water partition coefficient (Wildman–Crippen LogP) is 0.123. The Hall–Kier alpha value is -2.16. The number of carbonyl (C=O) groups is 1. The van der Waals surface area contributed by atoms with Crippen LogP contribution in [0, 0.1) is 0 Å². The van der Waals surface area contributed by atoms with Gasteiger partial charge in [0.15, 0.2) is 5.65 Å². The molecule has 0 aliphatic rings. The fraction of sp³-hybridized carbons (Fsp3) is 0.364. The molecule has 0 spiro atoms. The molecular formula is C11H14N4O4S. The van der Waals surface area contributed by atoms with E-state index in [0.29, 0.717) is 16.7 Å². The van der Waals surface area contributed by atoms with Crippen LogP contribution in [0.5, 0.6) is 0 Å². The minimum atomic E-state index is -3.12. The van der Waals surface area contributed by atoms with Gasteiger partial charge in [0.1, 0.15) is 15.4 Å². The summed E-state index contributed by atoms with van der Waals surface area (Å²) in [5.41, 5.74) is 0.843. The first-order valence-electron chi connectivity index (χ1n) is 5.75. The summed E-state index contributed by atoms with van der Waals surface area (Å²) >= 11 is 0. The molecule has 0 radical (unpaired) electrons. The Morgan fingerprint density at radius 1 is 1.45 bits per heavy atom. The second kappa shape index (κ2) is 5.08. The van der Waals surface area contributed by atoms with Crippen LogP contribution in [-0.4, -0.2) is 52.8 Å². The number of carboxylic acid groups (broad SMARTS) is 1. The lowest BCUT2D eigenvalue weighted by atomic mass is 10.2. The van der Waals surface area contributed by atoms with E-state index in [1.54, 1.807) is 7.05 Å². The van der Waals surface area contributed by atoms with Crippen LogP contribution < -0.4 is 5.32 Å². The van der Waals surface area contributed by atoms with E-state index in [2.05, 4.69) is 15.4 Å². The molecule has 20 heavy (non-hydrogen) atoms. The van der Waals surface area contributed by atoms with Gasteiger partial charge in [-0.15, -0.1) is 0 Å². The Balaban J connectivity index is 2.42. The first-order valence-corrected chi connectivity index (χ1v) is 7.81. The Labute approximate surface area is 115 Å². The van der Waals surface area contributed by atoms with Gasteiger partial charge in [0, 0.05) is 26.0 Å². The van der Waals surface area contributed by atoms with E-state index < -0.39 is 15.8 Å². The molecule has 0 aliphatic heterocycles. The van der Waals surface area contributed by atoms with Gasteiger partial charge in [-0.1, -0.05) is 0 Å². The van der Waals surface area contributed by atoms with E-state index in [1.165, 1.54) is 17.1 Å². The Bertz CT molecular complexity index is 766. The van der Waals surface area contributed by atoms with Crippen molar-refractivity contribution in [2.24, 2.45) is 7.05 Å². The van der Waals surface area contributed by atoms with E-state index in [4.69, 9.17) is 5.11 Å². The molecule has 0 amide bonds. The van der Waals surface area contributed by atoms with Crippen LogP contribution in [0.15, 0.2) is 12.4 Å². The molecule has 0 atom stereocenters. The van der Waals surface area contributed by atoms with E-state index in [-0.39, 0.29) is 17.9 Å². The maximum atomic E-state index is 11.2. The average molecular weight is 298 g/mol. The van der Waals surface area contributed by atoms with Crippen LogP contribution in [-0.2, 0) is 16.9 Å². The summed E-state index contributed by atoms with van der Waals surface area (Å²) in [6, 6.07) is 0. The summed E-state index contributed by atoms with van der Waals surface area (Å²) in [6.07, 6.45) is 3.85. The molecule has 0 saturated heterocycles. The number of pyridine rings is 1. The second-order valence-electron chi connectivity index (χ2n) is 4.41. The number of nitrogens with one attached hydrogen (secondary N) is 1. The molecule has 2 aromatic heterocycles. The molecule has 0 saturated carbocycles. The average Bonchev–Trinajstić information content (AvgIpc) is 2.70. The number of sulfone groups is 1. The number of hydrogen-bond donors (Lipinski definition) is 2. The number of carboxylic acids is 1. The van der Waals surface area contributed by atoms with Crippen molar-refractivity contribution in [3.63, 3.8) is 0 Å². The van der Waals surface area contributed by atoms with E-state index in [1.807, 2.05) is 0 Å². The van der Waals surface area contributed by atoms with Crippen LogP contribution in [0.1, 0.15) is 10.4 Å². The molecular weight excluding hydrogens is 284 g/mol. The minimum Gasteiger partial charge on any atom is -0.478 e. The Kier molecular flexibility index (Phi) is 3.62. The van der Waals surface area contributed by atoms with Gasteiger partial charge in [-0.25, -0.2) is 18.2 Å². The molecule has 2 heterocycles. The van der Waals surface area contributed by atoms with Crippen LogP contribution in [0.2, 0.25) is 0 Å². The number of hydrogen-bond acceptors (Lipinski definition) is 6. The molecule has 2 N–H and O–H groups in total. The minimum absolute atomic E-state index is 0.0148. The van der Waals surface area contributed by atoms with Crippen LogP contribution in [0.3, 0.4) is 0 Å². The molecule has 0 bridgehead atoms. The Morgan fingerprint density at radius 3 is 2.75 bits per heavy atom. The number of aromatic nitrogens is 3. The van der Waals surface area contributed by atoms with Crippen molar-refractivity contribution < 1.29 is 18.3 Å². The molecule has 0 aromatic carbocycles. The lowest BCUT2D eigenvalue weighted by Crippen LogP contribution is -2.16.